The lowest BCUT2D eigenvalue weighted by molar-refractivity contribution is -0.944. The Morgan fingerprint density at radius 1 is 1.18 bits per heavy atom. The number of quaternary nitrogens is 1. The van der Waals surface area contributed by atoms with Gasteiger partial charge >= 0.3 is 0 Å². The number of aromatic hydroxyl groups is 1. The number of rotatable bonds is 4. The van der Waals surface area contributed by atoms with Gasteiger partial charge in [0, 0.05) is 5.02 Å². The van der Waals surface area contributed by atoms with E-state index in [1.807, 2.05) is 12.1 Å². The highest BCUT2D eigenvalue weighted by Gasteiger charge is 2.27. The van der Waals surface area contributed by atoms with E-state index in [1.165, 1.54) is 30.4 Å². The molecule has 3 aromatic rings. The minimum atomic E-state index is -0.0921. The van der Waals surface area contributed by atoms with Crippen molar-refractivity contribution in [3.8, 4) is 16.9 Å². The minimum Gasteiger partial charge on any atom is -0.507 e. The smallest absolute Gasteiger partial charge is 0.200 e. The summed E-state index contributed by atoms with van der Waals surface area (Å²) in [4.78, 5) is 14.6. The van der Waals surface area contributed by atoms with Crippen LogP contribution in [0.2, 0.25) is 5.02 Å². The van der Waals surface area contributed by atoms with Crippen molar-refractivity contribution < 1.29 is 14.4 Å². The van der Waals surface area contributed by atoms with Crippen molar-refractivity contribution in [3.05, 3.63) is 63.5 Å². The molecule has 4 nitrogen and oxygen atoms in total. The molecule has 2 aromatic carbocycles. The monoisotopic (exact) mass is 398 g/mol. The third-order valence-corrected chi connectivity index (χ3v) is 6.20. The summed E-state index contributed by atoms with van der Waals surface area (Å²) in [5.41, 5.74) is 2.40. The van der Waals surface area contributed by atoms with E-state index in [9.17, 15) is 9.90 Å². The van der Waals surface area contributed by atoms with Crippen LogP contribution in [0, 0.1) is 0 Å². The standard InChI is InChI=1S/C23H24ClNO3/c1-2-17-5-3-4-12-25(17)13-19-21(26)11-10-18-22(27)20(14-28-23(18)19)15-6-8-16(24)9-7-15/h6-11,14,17,26H,2-5,12-13H2,1H3/p+1. The summed E-state index contributed by atoms with van der Waals surface area (Å²) >= 11 is 5.96. The molecular weight excluding hydrogens is 374 g/mol. The summed E-state index contributed by atoms with van der Waals surface area (Å²) in [5.74, 6) is 0.197. The predicted molar refractivity (Wildman–Crippen MR) is 112 cm³/mol. The SMILES string of the molecule is CCC1CCCC[NH+]1Cc1c(O)ccc2c(=O)c(-c3ccc(Cl)cc3)coc12. The Kier molecular flexibility index (Phi) is 5.42. The van der Waals surface area contributed by atoms with Crippen LogP contribution < -0.4 is 10.3 Å². The Labute approximate surface area is 169 Å². The van der Waals surface area contributed by atoms with Gasteiger partial charge in [0.25, 0.3) is 0 Å². The van der Waals surface area contributed by atoms with E-state index in [4.69, 9.17) is 16.0 Å². The van der Waals surface area contributed by atoms with Gasteiger partial charge in [-0.1, -0.05) is 30.7 Å². The molecule has 0 aliphatic carbocycles. The summed E-state index contributed by atoms with van der Waals surface area (Å²) in [6.45, 7) is 3.98. The molecule has 2 unspecified atom stereocenters. The van der Waals surface area contributed by atoms with E-state index in [2.05, 4.69) is 6.92 Å². The topological polar surface area (TPSA) is 54.9 Å². The van der Waals surface area contributed by atoms with E-state index in [0.717, 1.165) is 24.1 Å². The first-order valence-electron chi connectivity index (χ1n) is 9.95. The number of hydrogen-bond donors (Lipinski definition) is 2. The summed E-state index contributed by atoms with van der Waals surface area (Å²) in [7, 11) is 0. The molecule has 2 atom stereocenters. The van der Waals surface area contributed by atoms with Crippen LogP contribution in [0.25, 0.3) is 22.1 Å². The fourth-order valence-corrected chi connectivity index (χ4v) is 4.48. The number of fused-ring (bicyclic) bond motifs is 1. The Bertz CT molecular complexity index is 1040. The molecule has 5 heteroatoms. The van der Waals surface area contributed by atoms with Gasteiger partial charge in [-0.2, -0.15) is 0 Å². The summed E-state index contributed by atoms with van der Waals surface area (Å²) in [5, 5.41) is 11.6. The van der Waals surface area contributed by atoms with Crippen LogP contribution in [0.5, 0.6) is 5.75 Å². The zero-order chi connectivity index (χ0) is 19.7. The predicted octanol–water partition coefficient (Wildman–Crippen LogP) is 4.17. The molecule has 0 bridgehead atoms. The highest BCUT2D eigenvalue weighted by molar-refractivity contribution is 6.30. The Balaban J connectivity index is 1.78. The van der Waals surface area contributed by atoms with E-state index in [1.54, 1.807) is 24.3 Å². The molecule has 0 spiro atoms. The molecule has 1 fully saturated rings. The zero-order valence-electron chi connectivity index (χ0n) is 16.0. The Morgan fingerprint density at radius 2 is 1.96 bits per heavy atom. The molecule has 1 saturated heterocycles. The van der Waals surface area contributed by atoms with Crippen LogP contribution in [-0.2, 0) is 6.54 Å². The fourth-order valence-electron chi connectivity index (χ4n) is 4.35. The van der Waals surface area contributed by atoms with Gasteiger partial charge in [-0.25, -0.2) is 0 Å². The Morgan fingerprint density at radius 3 is 2.71 bits per heavy atom. The maximum absolute atomic E-state index is 13.1. The molecule has 1 aliphatic heterocycles. The molecule has 1 aliphatic rings. The Hall–Kier alpha value is -2.30. The molecule has 0 saturated carbocycles. The second-order valence-corrected chi connectivity index (χ2v) is 8.05. The van der Waals surface area contributed by atoms with Gasteiger partial charge in [-0.15, -0.1) is 0 Å². The second-order valence-electron chi connectivity index (χ2n) is 7.61. The van der Waals surface area contributed by atoms with Gasteiger partial charge in [0.2, 0.25) is 5.43 Å². The van der Waals surface area contributed by atoms with Crippen LogP contribution in [0.3, 0.4) is 0 Å². The summed E-state index contributed by atoms with van der Waals surface area (Å²) in [6.07, 6.45) is 6.29. The number of halogens is 1. The van der Waals surface area contributed by atoms with Gasteiger partial charge in [0.1, 0.15) is 24.1 Å². The van der Waals surface area contributed by atoms with E-state index in [-0.39, 0.29) is 11.2 Å². The molecule has 0 amide bonds. The molecule has 146 valence electrons. The number of benzene rings is 2. The van der Waals surface area contributed by atoms with Crippen molar-refractivity contribution in [1.82, 2.24) is 0 Å². The second kappa shape index (κ2) is 7.98. The van der Waals surface area contributed by atoms with Crippen LogP contribution in [0.1, 0.15) is 38.2 Å². The van der Waals surface area contributed by atoms with Crippen molar-refractivity contribution in [1.29, 1.82) is 0 Å². The molecule has 1 aromatic heterocycles. The van der Waals surface area contributed by atoms with E-state index in [0.29, 0.717) is 34.1 Å². The van der Waals surface area contributed by atoms with E-state index >= 15 is 0 Å². The molecular formula is C23H25ClNO3+. The van der Waals surface area contributed by atoms with Crippen molar-refractivity contribution >= 4 is 22.6 Å². The van der Waals surface area contributed by atoms with Crippen molar-refractivity contribution in [2.24, 2.45) is 0 Å². The van der Waals surface area contributed by atoms with Crippen molar-refractivity contribution in [2.45, 2.75) is 45.2 Å². The molecule has 28 heavy (non-hydrogen) atoms. The normalized spacial score (nSPS) is 19.8. The first-order chi connectivity index (χ1) is 13.6. The molecule has 2 N–H and O–H groups in total. The summed E-state index contributed by atoms with van der Waals surface area (Å²) < 4.78 is 5.92. The number of phenolic OH excluding ortho intramolecular Hbond substituents is 1. The highest BCUT2D eigenvalue weighted by Crippen LogP contribution is 2.28. The third-order valence-electron chi connectivity index (χ3n) is 5.95. The lowest BCUT2D eigenvalue weighted by atomic mass is 9.98. The van der Waals surface area contributed by atoms with Crippen molar-refractivity contribution in [3.63, 3.8) is 0 Å². The van der Waals surface area contributed by atoms with Crippen LogP contribution >= 0.6 is 11.6 Å². The van der Waals surface area contributed by atoms with Crippen LogP contribution in [-0.4, -0.2) is 17.7 Å². The number of nitrogens with one attached hydrogen (secondary N) is 1. The average molecular weight is 399 g/mol. The zero-order valence-corrected chi connectivity index (χ0v) is 16.8. The summed E-state index contributed by atoms with van der Waals surface area (Å²) in [6, 6.07) is 11.0. The largest absolute Gasteiger partial charge is 0.507 e. The molecule has 4 rings (SSSR count). The first-order valence-corrected chi connectivity index (χ1v) is 10.3. The van der Waals surface area contributed by atoms with Crippen LogP contribution in [0.4, 0.5) is 0 Å². The first kappa shape index (κ1) is 19.0. The number of piperidine rings is 1. The van der Waals surface area contributed by atoms with Crippen LogP contribution in [0.15, 0.2) is 51.9 Å². The lowest BCUT2D eigenvalue weighted by Gasteiger charge is -2.32. The van der Waals surface area contributed by atoms with Crippen molar-refractivity contribution in [2.75, 3.05) is 6.54 Å². The highest BCUT2D eigenvalue weighted by atomic mass is 35.5. The van der Waals surface area contributed by atoms with Gasteiger partial charge in [0.05, 0.1) is 29.1 Å². The fraction of sp³-hybridized carbons (Fsp3) is 0.348. The number of phenols is 1. The molecule has 0 radical (unpaired) electrons. The lowest BCUT2D eigenvalue weighted by Crippen LogP contribution is -3.15. The van der Waals surface area contributed by atoms with Gasteiger partial charge in [0.15, 0.2) is 0 Å². The quantitative estimate of drug-likeness (QED) is 0.693. The third kappa shape index (κ3) is 3.54. The number of hydrogen-bond acceptors (Lipinski definition) is 3. The number of likely N-dealkylation sites (tertiary alicyclic amines) is 1. The maximum Gasteiger partial charge on any atom is 0.200 e. The van der Waals surface area contributed by atoms with Gasteiger partial charge in [-0.3, -0.25) is 4.79 Å². The maximum atomic E-state index is 13.1. The van der Waals surface area contributed by atoms with E-state index < -0.39 is 0 Å². The molecule has 2 heterocycles. The van der Waals surface area contributed by atoms with Gasteiger partial charge in [-0.05, 0) is 55.5 Å². The minimum absolute atomic E-state index is 0.0921. The van der Waals surface area contributed by atoms with Gasteiger partial charge < -0.3 is 14.4 Å². The average Bonchev–Trinajstić information content (AvgIpc) is 2.71.